The highest BCUT2D eigenvalue weighted by molar-refractivity contribution is 5.78. The van der Waals surface area contributed by atoms with Crippen LogP contribution < -0.4 is 17.0 Å². The first-order valence-electron chi connectivity index (χ1n) is 9.95. The van der Waals surface area contributed by atoms with Crippen LogP contribution in [0.4, 0.5) is 0 Å². The fourth-order valence-electron chi connectivity index (χ4n) is 5.23. The first-order chi connectivity index (χ1) is 12.6. The van der Waals surface area contributed by atoms with Crippen molar-refractivity contribution < 1.29 is 40.8 Å². The Morgan fingerprint density at radius 3 is 2.44 bits per heavy atom. The van der Waals surface area contributed by atoms with Gasteiger partial charge in [-0.2, -0.15) is 0 Å². The van der Waals surface area contributed by atoms with E-state index in [-0.39, 0.29) is 35.7 Å². The second-order valence-corrected chi connectivity index (χ2v) is 8.30. The molecule has 7 atom stereocenters. The van der Waals surface area contributed by atoms with E-state index >= 15 is 0 Å². The third kappa shape index (κ3) is 3.69. The van der Waals surface area contributed by atoms with E-state index in [9.17, 15) is 9.90 Å². The van der Waals surface area contributed by atoms with Crippen LogP contribution >= 0.6 is 0 Å². The minimum absolute atomic E-state index is 0. The van der Waals surface area contributed by atoms with Crippen molar-refractivity contribution in [2.24, 2.45) is 0 Å². The summed E-state index contributed by atoms with van der Waals surface area (Å²) in [7, 11) is 2.36. The number of hydrogen-bond acceptors (Lipinski definition) is 4. The number of likely N-dealkylation sites (N-methyl/N-ethyl adjacent to an activating group) is 1. The first-order valence-corrected chi connectivity index (χ1v) is 9.95. The molecule has 150 valence electrons. The zero-order valence-electron chi connectivity index (χ0n) is 16.1. The van der Waals surface area contributed by atoms with Crippen LogP contribution in [0, 0.1) is 0 Å². The van der Waals surface area contributed by atoms with Gasteiger partial charge in [-0.15, -0.1) is 0 Å². The minimum atomic E-state index is -0.595. The Hall–Kier alpha value is -0.950. The van der Waals surface area contributed by atoms with E-state index in [1.54, 1.807) is 0 Å². The fraction of sp³-hybridized carbons (Fsp3) is 0.667. The Labute approximate surface area is 172 Å². The van der Waals surface area contributed by atoms with Gasteiger partial charge in [-0.3, -0.25) is 4.79 Å². The number of fused-ring (bicyclic) bond motifs is 5. The Kier molecular flexibility index (Phi) is 6.31. The Morgan fingerprint density at radius 1 is 1.26 bits per heavy atom. The van der Waals surface area contributed by atoms with Crippen LogP contribution in [0.15, 0.2) is 30.3 Å². The van der Waals surface area contributed by atoms with E-state index in [2.05, 4.69) is 14.0 Å². The molecule has 0 aliphatic carbocycles. The zero-order chi connectivity index (χ0) is 18.3. The molecule has 0 aromatic heterocycles. The van der Waals surface area contributed by atoms with Gasteiger partial charge in [-0.1, -0.05) is 43.7 Å². The molecule has 3 saturated heterocycles. The normalized spacial score (nSPS) is 37.1. The molecule has 1 aromatic rings. The summed E-state index contributed by atoms with van der Waals surface area (Å²) in [5, 5.41) is 9.70. The standard InChI is InChI=1S/C21H30NO4.BrH/c1-3-4-10-22(2)17-11-15(12-18(22)20-19(17)26-20)25-21(24)16(13-23)14-8-6-5-7-9-14;/h5-9,15-20,23H,3-4,10-13H2,1-2H3;1H/q+1;/p-1/t15-,16-,17-,18+,19-,20+,22?;/m1./s1. The molecule has 3 fully saturated rings. The van der Waals surface area contributed by atoms with Gasteiger partial charge in [0.05, 0.1) is 20.2 Å². The second kappa shape index (κ2) is 8.19. The number of esters is 1. The number of aliphatic hydroxyl groups is 1. The van der Waals surface area contributed by atoms with Gasteiger partial charge in [0.1, 0.15) is 36.3 Å². The van der Waals surface area contributed by atoms with Gasteiger partial charge < -0.3 is 36.0 Å². The van der Waals surface area contributed by atoms with Crippen molar-refractivity contribution in [1.29, 1.82) is 0 Å². The highest BCUT2D eigenvalue weighted by atomic mass is 79.9. The smallest absolute Gasteiger partial charge is 0.316 e. The number of carbonyl (C=O) groups excluding carboxylic acids is 1. The summed E-state index contributed by atoms with van der Waals surface area (Å²) < 4.78 is 12.9. The number of morpholine rings is 1. The number of unbranched alkanes of at least 4 members (excludes halogenated alkanes) is 1. The molecule has 0 spiro atoms. The number of aliphatic hydroxyl groups excluding tert-OH is 1. The third-order valence-electron chi connectivity index (χ3n) is 6.79. The van der Waals surface area contributed by atoms with Crippen molar-refractivity contribution in [2.45, 2.75) is 68.9 Å². The Bertz CT molecular complexity index is 637. The fourth-order valence-corrected chi connectivity index (χ4v) is 5.23. The molecule has 0 saturated carbocycles. The van der Waals surface area contributed by atoms with E-state index in [4.69, 9.17) is 9.47 Å². The number of halogens is 1. The largest absolute Gasteiger partial charge is 1.00 e. The molecule has 1 aromatic carbocycles. The highest BCUT2D eigenvalue weighted by Gasteiger charge is 2.71. The summed E-state index contributed by atoms with van der Waals surface area (Å²) in [6, 6.07) is 10.3. The van der Waals surface area contributed by atoms with Gasteiger partial charge in [-0.25, -0.2) is 0 Å². The molecule has 1 N–H and O–H groups in total. The number of benzene rings is 1. The molecule has 3 aliphatic rings. The highest BCUT2D eigenvalue weighted by Crippen LogP contribution is 2.52. The van der Waals surface area contributed by atoms with Gasteiger partial charge >= 0.3 is 5.97 Å². The summed E-state index contributed by atoms with van der Waals surface area (Å²) in [5.41, 5.74) is 0.813. The molecule has 0 amide bonds. The Morgan fingerprint density at radius 2 is 1.89 bits per heavy atom. The van der Waals surface area contributed by atoms with Crippen molar-refractivity contribution in [1.82, 2.24) is 0 Å². The van der Waals surface area contributed by atoms with E-state index in [1.165, 1.54) is 19.4 Å². The molecular weight excluding hydrogens is 410 g/mol. The summed E-state index contributed by atoms with van der Waals surface area (Å²) in [6.45, 7) is 3.20. The van der Waals surface area contributed by atoms with Gasteiger partial charge in [0, 0.05) is 12.8 Å². The predicted molar refractivity (Wildman–Crippen MR) is 97.6 cm³/mol. The predicted octanol–water partition coefficient (Wildman–Crippen LogP) is -0.763. The summed E-state index contributed by atoms with van der Waals surface area (Å²) in [5.74, 6) is -0.898. The molecule has 2 bridgehead atoms. The quantitative estimate of drug-likeness (QED) is 0.344. The molecule has 6 heteroatoms. The van der Waals surface area contributed by atoms with Gasteiger partial charge in [-0.05, 0) is 12.0 Å². The summed E-state index contributed by atoms with van der Waals surface area (Å²) >= 11 is 0. The van der Waals surface area contributed by atoms with Crippen LogP contribution in [-0.2, 0) is 14.3 Å². The zero-order valence-corrected chi connectivity index (χ0v) is 17.7. The number of rotatable bonds is 7. The first kappa shape index (κ1) is 20.8. The van der Waals surface area contributed by atoms with Crippen LogP contribution in [0.25, 0.3) is 0 Å². The monoisotopic (exact) mass is 439 g/mol. The van der Waals surface area contributed by atoms with E-state index in [0.29, 0.717) is 24.3 Å². The maximum atomic E-state index is 12.7. The third-order valence-corrected chi connectivity index (χ3v) is 6.79. The average molecular weight is 440 g/mol. The lowest BCUT2D eigenvalue weighted by atomic mass is 9.94. The maximum absolute atomic E-state index is 12.7. The Balaban J connectivity index is 0.00000210. The summed E-state index contributed by atoms with van der Waals surface area (Å²) in [6.07, 6.45) is 4.83. The van der Waals surface area contributed by atoms with Crippen LogP contribution in [-0.4, -0.2) is 66.2 Å². The number of quaternary nitrogens is 1. The van der Waals surface area contributed by atoms with Gasteiger partial charge in [0.15, 0.2) is 0 Å². The van der Waals surface area contributed by atoms with Crippen LogP contribution in [0.2, 0.25) is 0 Å². The van der Waals surface area contributed by atoms with Gasteiger partial charge in [0.2, 0.25) is 0 Å². The molecule has 3 aliphatic heterocycles. The average Bonchev–Trinajstić information content (AvgIpc) is 3.40. The molecule has 27 heavy (non-hydrogen) atoms. The number of epoxide rings is 1. The van der Waals surface area contributed by atoms with E-state index < -0.39 is 5.92 Å². The number of carbonyl (C=O) groups is 1. The number of hydrogen-bond donors (Lipinski definition) is 1. The van der Waals surface area contributed by atoms with Crippen LogP contribution in [0.3, 0.4) is 0 Å². The molecule has 5 nitrogen and oxygen atoms in total. The molecule has 4 rings (SSSR count). The molecular formula is C21H30BrNO4. The summed E-state index contributed by atoms with van der Waals surface area (Å²) in [4.78, 5) is 12.7. The lowest BCUT2D eigenvalue weighted by Gasteiger charge is -2.48. The second-order valence-electron chi connectivity index (χ2n) is 8.30. The SMILES string of the molecule is CCCC[N+]1(C)[C@@H]2C[C@@H](OC(=O)[C@H](CO)c3ccccc3)C[C@H]1[C@@H]1O[C@@H]12.[Br-]. The van der Waals surface area contributed by atoms with Crippen molar-refractivity contribution in [3.63, 3.8) is 0 Å². The van der Waals surface area contributed by atoms with Crippen molar-refractivity contribution in [3.8, 4) is 0 Å². The lowest BCUT2D eigenvalue weighted by Crippen LogP contribution is -3.00. The topological polar surface area (TPSA) is 59.1 Å². The number of piperidine rings is 1. The number of nitrogens with zero attached hydrogens (tertiary/aromatic N) is 1. The van der Waals surface area contributed by atoms with Crippen LogP contribution in [0.1, 0.15) is 44.1 Å². The minimum Gasteiger partial charge on any atom is -1.00 e. The van der Waals surface area contributed by atoms with Gasteiger partial charge in [0.25, 0.3) is 0 Å². The maximum Gasteiger partial charge on any atom is 0.316 e. The van der Waals surface area contributed by atoms with Crippen molar-refractivity contribution in [2.75, 3.05) is 20.2 Å². The van der Waals surface area contributed by atoms with Crippen molar-refractivity contribution >= 4 is 5.97 Å². The molecule has 0 radical (unpaired) electrons. The van der Waals surface area contributed by atoms with E-state index in [1.807, 2.05) is 30.3 Å². The molecule has 3 heterocycles. The van der Waals surface area contributed by atoms with Crippen molar-refractivity contribution in [3.05, 3.63) is 35.9 Å². The lowest BCUT2D eigenvalue weighted by molar-refractivity contribution is -0.956. The number of ether oxygens (including phenoxy) is 2. The van der Waals surface area contributed by atoms with E-state index in [0.717, 1.165) is 22.9 Å². The molecule has 1 unspecified atom stereocenters. The van der Waals surface area contributed by atoms with Crippen LogP contribution in [0.5, 0.6) is 0 Å².